The van der Waals surface area contributed by atoms with E-state index >= 15 is 0 Å². The summed E-state index contributed by atoms with van der Waals surface area (Å²) in [6.07, 6.45) is 1.34. The molecule has 2 heterocycles. The predicted octanol–water partition coefficient (Wildman–Crippen LogP) is 4.57. The second kappa shape index (κ2) is 11.6. The summed E-state index contributed by atoms with van der Waals surface area (Å²) in [5, 5.41) is 20.2. The molecule has 0 bridgehead atoms. The van der Waals surface area contributed by atoms with Crippen molar-refractivity contribution >= 4 is 17.5 Å². The molecule has 1 amide bonds. The number of rotatable bonds is 8. The van der Waals surface area contributed by atoms with Crippen molar-refractivity contribution in [2.24, 2.45) is 11.8 Å². The molecule has 2 unspecified atom stereocenters. The number of aromatic hydroxyl groups is 2. The van der Waals surface area contributed by atoms with Crippen LogP contribution in [0.15, 0.2) is 66.7 Å². The fourth-order valence-electron chi connectivity index (χ4n) is 6.18. The van der Waals surface area contributed by atoms with Crippen LogP contribution in [-0.4, -0.2) is 70.2 Å². The third-order valence-corrected chi connectivity index (χ3v) is 8.24. The van der Waals surface area contributed by atoms with Gasteiger partial charge in [-0.05, 0) is 54.8 Å². The molecule has 5 rings (SSSR count). The van der Waals surface area contributed by atoms with Crippen molar-refractivity contribution in [2.75, 3.05) is 32.7 Å². The SMILES string of the molecule is Cc1c(F)cccc1C1C(C(=O)c2cccc(O)c2)CN(CCN2CCCC2=O)CC1C(=O)c1cccc(O)c1. The number of nitrogens with zero attached hydrogens (tertiary/aromatic N) is 2. The first kappa shape index (κ1) is 27.5. The topological polar surface area (TPSA) is 98.2 Å². The number of carbonyl (C=O) groups is 3. The number of ketones is 2. The predicted molar refractivity (Wildman–Crippen MR) is 148 cm³/mol. The molecule has 0 aliphatic carbocycles. The lowest BCUT2D eigenvalue weighted by atomic mass is 9.67. The molecule has 2 saturated heterocycles. The fourth-order valence-corrected chi connectivity index (χ4v) is 6.18. The van der Waals surface area contributed by atoms with Gasteiger partial charge in [0.1, 0.15) is 17.3 Å². The van der Waals surface area contributed by atoms with Crippen LogP contribution in [0.4, 0.5) is 4.39 Å². The smallest absolute Gasteiger partial charge is 0.222 e. The number of hydrogen-bond acceptors (Lipinski definition) is 6. The molecule has 3 aromatic carbocycles. The summed E-state index contributed by atoms with van der Waals surface area (Å²) >= 11 is 0. The van der Waals surface area contributed by atoms with Gasteiger partial charge in [0.05, 0.1) is 0 Å². The lowest BCUT2D eigenvalue weighted by Gasteiger charge is -2.44. The largest absolute Gasteiger partial charge is 0.508 e. The zero-order valence-corrected chi connectivity index (χ0v) is 22.4. The van der Waals surface area contributed by atoms with Gasteiger partial charge < -0.3 is 20.0 Å². The lowest BCUT2D eigenvalue weighted by molar-refractivity contribution is -0.127. The summed E-state index contributed by atoms with van der Waals surface area (Å²) in [4.78, 5) is 44.3. The van der Waals surface area contributed by atoms with Gasteiger partial charge in [0.2, 0.25) is 5.91 Å². The van der Waals surface area contributed by atoms with Crippen LogP contribution < -0.4 is 0 Å². The van der Waals surface area contributed by atoms with Gasteiger partial charge in [-0.15, -0.1) is 0 Å². The molecular formula is C32H33FN2O5. The summed E-state index contributed by atoms with van der Waals surface area (Å²) in [5.74, 6) is -3.00. The fraction of sp³-hybridized carbons (Fsp3) is 0.344. The van der Waals surface area contributed by atoms with Gasteiger partial charge >= 0.3 is 0 Å². The number of hydrogen-bond donors (Lipinski definition) is 2. The Hall–Kier alpha value is -4.04. The molecule has 0 saturated carbocycles. The minimum absolute atomic E-state index is 0.0445. The highest BCUT2D eigenvalue weighted by atomic mass is 19.1. The zero-order valence-electron chi connectivity index (χ0n) is 22.4. The highest BCUT2D eigenvalue weighted by Crippen LogP contribution is 2.42. The van der Waals surface area contributed by atoms with Crippen molar-refractivity contribution in [3.63, 3.8) is 0 Å². The van der Waals surface area contributed by atoms with Crippen molar-refractivity contribution in [3.05, 3.63) is 94.8 Å². The average molecular weight is 545 g/mol. The Morgan fingerprint density at radius 3 is 1.98 bits per heavy atom. The van der Waals surface area contributed by atoms with E-state index in [0.29, 0.717) is 61.4 Å². The van der Waals surface area contributed by atoms with E-state index in [1.807, 2.05) is 4.90 Å². The molecular weight excluding hydrogens is 511 g/mol. The summed E-state index contributed by atoms with van der Waals surface area (Å²) < 4.78 is 14.9. The third-order valence-electron chi connectivity index (χ3n) is 8.24. The van der Waals surface area contributed by atoms with Crippen LogP contribution in [0.5, 0.6) is 11.5 Å². The minimum Gasteiger partial charge on any atom is -0.508 e. The molecule has 40 heavy (non-hydrogen) atoms. The van der Waals surface area contributed by atoms with E-state index in [4.69, 9.17) is 0 Å². The van der Waals surface area contributed by atoms with Crippen LogP contribution in [0.25, 0.3) is 0 Å². The second-order valence-electron chi connectivity index (χ2n) is 10.8. The Labute approximate surface area is 232 Å². The van der Waals surface area contributed by atoms with Crippen LogP contribution in [-0.2, 0) is 4.79 Å². The van der Waals surface area contributed by atoms with Gasteiger partial charge in [0.15, 0.2) is 11.6 Å². The van der Waals surface area contributed by atoms with E-state index in [1.54, 1.807) is 48.2 Å². The highest BCUT2D eigenvalue weighted by molar-refractivity contribution is 6.02. The molecule has 2 N–H and O–H groups in total. The number of phenolic OH excluding ortho intramolecular Hbond substituents is 2. The van der Waals surface area contributed by atoms with Crippen LogP contribution in [0.2, 0.25) is 0 Å². The number of phenols is 2. The Morgan fingerprint density at radius 2 is 1.45 bits per heavy atom. The van der Waals surface area contributed by atoms with Crippen molar-refractivity contribution in [1.29, 1.82) is 0 Å². The van der Waals surface area contributed by atoms with E-state index in [0.717, 1.165) is 6.42 Å². The van der Waals surface area contributed by atoms with Crippen LogP contribution >= 0.6 is 0 Å². The Kier molecular flexibility index (Phi) is 7.98. The van der Waals surface area contributed by atoms with Gasteiger partial charge in [0, 0.05) is 68.0 Å². The van der Waals surface area contributed by atoms with Gasteiger partial charge in [-0.2, -0.15) is 0 Å². The van der Waals surface area contributed by atoms with Crippen molar-refractivity contribution in [3.8, 4) is 11.5 Å². The highest BCUT2D eigenvalue weighted by Gasteiger charge is 2.45. The van der Waals surface area contributed by atoms with Crippen molar-refractivity contribution < 1.29 is 29.0 Å². The normalized spacial score (nSPS) is 21.5. The second-order valence-corrected chi connectivity index (χ2v) is 10.8. The van der Waals surface area contributed by atoms with E-state index in [2.05, 4.69) is 0 Å². The molecule has 7 nitrogen and oxygen atoms in total. The maximum absolute atomic E-state index is 14.9. The lowest BCUT2D eigenvalue weighted by Crippen LogP contribution is -2.52. The third kappa shape index (κ3) is 5.63. The Balaban J connectivity index is 1.58. The first-order chi connectivity index (χ1) is 19.2. The van der Waals surface area contributed by atoms with Crippen molar-refractivity contribution in [2.45, 2.75) is 25.7 Å². The van der Waals surface area contributed by atoms with Crippen LogP contribution in [0.1, 0.15) is 50.6 Å². The van der Waals surface area contributed by atoms with Crippen molar-refractivity contribution in [1.82, 2.24) is 9.80 Å². The summed E-state index contributed by atoms with van der Waals surface area (Å²) in [7, 11) is 0. The summed E-state index contributed by atoms with van der Waals surface area (Å²) in [6, 6.07) is 17.0. The maximum Gasteiger partial charge on any atom is 0.222 e. The molecule has 8 heteroatoms. The molecule has 3 aromatic rings. The number of halogens is 1. The van der Waals surface area contributed by atoms with Gasteiger partial charge in [-0.25, -0.2) is 4.39 Å². The zero-order chi connectivity index (χ0) is 28.4. The van der Waals surface area contributed by atoms with E-state index in [9.17, 15) is 29.0 Å². The number of piperidine rings is 1. The first-order valence-corrected chi connectivity index (χ1v) is 13.6. The van der Waals surface area contributed by atoms with Crippen LogP contribution in [0, 0.1) is 24.6 Å². The molecule has 2 aliphatic rings. The Morgan fingerprint density at radius 1 is 0.875 bits per heavy atom. The van der Waals surface area contributed by atoms with Gasteiger partial charge in [-0.1, -0.05) is 36.4 Å². The number of Topliss-reactive ketones (excluding diaryl/α,β-unsaturated/α-hetero) is 2. The molecule has 0 spiro atoms. The molecule has 0 aromatic heterocycles. The quantitative estimate of drug-likeness (QED) is 0.404. The van der Waals surface area contributed by atoms with E-state index in [-0.39, 0.29) is 29.0 Å². The van der Waals surface area contributed by atoms with Gasteiger partial charge in [-0.3, -0.25) is 14.4 Å². The Bertz CT molecular complexity index is 1370. The van der Waals surface area contributed by atoms with E-state index in [1.165, 1.54) is 30.3 Å². The monoisotopic (exact) mass is 544 g/mol. The maximum atomic E-state index is 14.9. The van der Waals surface area contributed by atoms with Gasteiger partial charge in [0.25, 0.3) is 0 Å². The summed E-state index contributed by atoms with van der Waals surface area (Å²) in [5.41, 5.74) is 1.59. The minimum atomic E-state index is -0.725. The number of carbonyl (C=O) groups excluding carboxylic acids is 3. The average Bonchev–Trinajstić information content (AvgIpc) is 3.36. The van der Waals surface area contributed by atoms with Crippen LogP contribution in [0.3, 0.4) is 0 Å². The molecule has 2 aliphatic heterocycles. The number of benzene rings is 3. The molecule has 0 radical (unpaired) electrons. The molecule has 2 fully saturated rings. The molecule has 208 valence electrons. The van der Waals surface area contributed by atoms with E-state index < -0.39 is 23.6 Å². The molecule has 2 atom stereocenters. The first-order valence-electron chi connectivity index (χ1n) is 13.6. The standard InChI is InChI=1S/C32H33FN2O5/c1-20-25(10-4-11-28(20)33)30-26(31(39)21-6-2-8-23(36)16-21)18-34(14-15-35-13-5-12-29(35)38)19-27(30)32(40)22-7-3-9-24(37)17-22/h2-4,6-11,16-17,26-27,30,36-37H,5,12-15,18-19H2,1H3. The number of amides is 1. The number of likely N-dealkylation sites (tertiary alicyclic amines) is 2. The summed E-state index contributed by atoms with van der Waals surface area (Å²) in [6.45, 7) is 3.93.